The summed E-state index contributed by atoms with van der Waals surface area (Å²) in [7, 11) is 0. The Morgan fingerprint density at radius 3 is 2.71 bits per heavy atom. The van der Waals surface area contributed by atoms with Crippen LogP contribution in [-0.4, -0.2) is 28.5 Å². The van der Waals surface area contributed by atoms with Crippen LogP contribution in [0, 0.1) is 23.2 Å². The van der Waals surface area contributed by atoms with Gasteiger partial charge in [-0.3, -0.25) is 0 Å². The summed E-state index contributed by atoms with van der Waals surface area (Å²) in [4.78, 5) is 0. The number of aromatic hydroxyl groups is 1. The largest absolute Gasteiger partial charge is 0.508 e. The molecule has 0 heterocycles. The topological polar surface area (TPSA) is 49.7 Å². The summed E-state index contributed by atoms with van der Waals surface area (Å²) in [6.07, 6.45) is 7.61. The van der Waals surface area contributed by atoms with E-state index >= 15 is 0 Å². The Morgan fingerprint density at radius 1 is 1.18 bits per heavy atom. The number of ether oxygens (including phenoxy) is 1. The van der Waals surface area contributed by atoms with E-state index in [-0.39, 0.29) is 17.1 Å². The van der Waals surface area contributed by atoms with Crippen LogP contribution in [0.25, 0.3) is 0 Å². The standard InChI is InChI=1S/C25H38O3/c1-24(2,3)28-13-5-6-17-15-25(4)21(11-12-22(25)27)20-9-7-16-14-18(26)8-10-19(16)23(17)20/h8,10,14,17,20-23,26-27H,5-7,9,11-13,15H2,1-4H3/t17-,20?,21?,22?,23?,25?/m0/s1. The first-order chi connectivity index (χ1) is 13.2. The summed E-state index contributed by atoms with van der Waals surface area (Å²) in [5.74, 6) is 2.86. The molecule has 2 N–H and O–H groups in total. The monoisotopic (exact) mass is 386 g/mol. The fourth-order valence-electron chi connectivity index (χ4n) is 6.85. The number of phenols is 1. The Hall–Kier alpha value is -1.06. The van der Waals surface area contributed by atoms with Crippen molar-refractivity contribution in [1.29, 1.82) is 0 Å². The fourth-order valence-corrected chi connectivity index (χ4v) is 6.85. The average Bonchev–Trinajstić information content (AvgIpc) is 2.92. The molecule has 3 aliphatic rings. The lowest BCUT2D eigenvalue weighted by molar-refractivity contribution is -0.0541. The predicted molar refractivity (Wildman–Crippen MR) is 113 cm³/mol. The van der Waals surface area contributed by atoms with Crippen LogP contribution in [0.3, 0.4) is 0 Å². The third-order valence-electron chi connectivity index (χ3n) is 8.03. The fraction of sp³-hybridized carbons (Fsp3) is 0.760. The molecule has 0 radical (unpaired) electrons. The molecule has 0 amide bonds. The van der Waals surface area contributed by atoms with Gasteiger partial charge in [0, 0.05) is 6.61 Å². The molecule has 5 unspecified atom stereocenters. The highest BCUT2D eigenvalue weighted by Gasteiger charge is 2.57. The summed E-state index contributed by atoms with van der Waals surface area (Å²) in [6.45, 7) is 9.52. The number of rotatable bonds is 4. The first-order valence-electron chi connectivity index (χ1n) is 11.3. The van der Waals surface area contributed by atoms with E-state index < -0.39 is 0 Å². The van der Waals surface area contributed by atoms with Crippen LogP contribution in [0.5, 0.6) is 5.75 Å². The predicted octanol–water partition coefficient (Wildman–Crippen LogP) is 5.43. The summed E-state index contributed by atoms with van der Waals surface area (Å²) < 4.78 is 5.99. The number of benzene rings is 1. The molecule has 3 heteroatoms. The maximum atomic E-state index is 10.8. The van der Waals surface area contributed by atoms with Gasteiger partial charge in [-0.05, 0) is 118 Å². The van der Waals surface area contributed by atoms with Crippen LogP contribution in [-0.2, 0) is 11.2 Å². The second-order valence-corrected chi connectivity index (χ2v) is 10.9. The van der Waals surface area contributed by atoms with Gasteiger partial charge in [-0.15, -0.1) is 0 Å². The van der Waals surface area contributed by atoms with Crippen molar-refractivity contribution in [3.63, 3.8) is 0 Å². The first kappa shape index (κ1) is 20.2. The third kappa shape index (κ3) is 3.61. The maximum Gasteiger partial charge on any atom is 0.115 e. The van der Waals surface area contributed by atoms with E-state index in [2.05, 4.69) is 33.8 Å². The van der Waals surface area contributed by atoms with Crippen molar-refractivity contribution in [2.75, 3.05) is 6.61 Å². The minimum atomic E-state index is -0.145. The van der Waals surface area contributed by atoms with Crippen molar-refractivity contribution in [2.24, 2.45) is 23.2 Å². The SMILES string of the molecule is CC(C)(C)OCCC[C@H]1CC2(C)C(O)CCC2C2CCc3cc(O)ccc3C21. The Labute approximate surface area is 170 Å². The summed E-state index contributed by atoms with van der Waals surface area (Å²) >= 11 is 0. The molecule has 0 aromatic heterocycles. The molecule has 3 aliphatic carbocycles. The molecule has 2 fully saturated rings. The van der Waals surface area contributed by atoms with E-state index in [1.165, 1.54) is 24.0 Å². The van der Waals surface area contributed by atoms with Gasteiger partial charge in [0.2, 0.25) is 0 Å². The van der Waals surface area contributed by atoms with E-state index in [0.717, 1.165) is 38.7 Å². The number of fused-ring (bicyclic) bond motifs is 5. The minimum absolute atomic E-state index is 0.0745. The molecular formula is C25H38O3. The third-order valence-corrected chi connectivity index (χ3v) is 8.03. The normalized spacial score (nSPS) is 37.2. The zero-order chi connectivity index (χ0) is 20.1. The molecule has 6 atom stereocenters. The molecule has 3 nitrogen and oxygen atoms in total. The van der Waals surface area contributed by atoms with Crippen molar-refractivity contribution >= 4 is 0 Å². The molecule has 0 bridgehead atoms. The number of aliphatic hydroxyl groups excluding tert-OH is 1. The number of hydrogen-bond donors (Lipinski definition) is 2. The van der Waals surface area contributed by atoms with E-state index in [0.29, 0.717) is 29.4 Å². The smallest absolute Gasteiger partial charge is 0.115 e. The van der Waals surface area contributed by atoms with Crippen LogP contribution in [0.2, 0.25) is 0 Å². The van der Waals surface area contributed by atoms with Gasteiger partial charge in [-0.1, -0.05) is 13.0 Å². The molecule has 156 valence electrons. The zero-order valence-corrected chi connectivity index (χ0v) is 18.1. The van der Waals surface area contributed by atoms with Crippen molar-refractivity contribution < 1.29 is 14.9 Å². The van der Waals surface area contributed by atoms with Gasteiger partial charge in [0.25, 0.3) is 0 Å². The van der Waals surface area contributed by atoms with E-state index in [4.69, 9.17) is 4.74 Å². The second kappa shape index (κ2) is 7.32. The van der Waals surface area contributed by atoms with Crippen LogP contribution in [0.15, 0.2) is 18.2 Å². The highest BCUT2D eigenvalue weighted by atomic mass is 16.5. The number of phenolic OH excluding ortho intramolecular Hbond substituents is 1. The molecule has 0 saturated heterocycles. The Bertz CT molecular complexity index is 706. The quantitative estimate of drug-likeness (QED) is 0.678. The molecule has 1 aromatic rings. The van der Waals surface area contributed by atoms with Gasteiger partial charge in [0.1, 0.15) is 5.75 Å². The van der Waals surface area contributed by atoms with Crippen molar-refractivity contribution in [3.05, 3.63) is 29.3 Å². The van der Waals surface area contributed by atoms with Crippen molar-refractivity contribution in [2.45, 2.75) is 90.3 Å². The molecule has 28 heavy (non-hydrogen) atoms. The van der Waals surface area contributed by atoms with Crippen LogP contribution in [0.1, 0.15) is 83.3 Å². The lowest BCUT2D eigenvalue weighted by Crippen LogP contribution is -2.48. The van der Waals surface area contributed by atoms with E-state index in [1.54, 1.807) is 0 Å². The summed E-state index contributed by atoms with van der Waals surface area (Å²) in [5.41, 5.74) is 2.81. The van der Waals surface area contributed by atoms with Crippen molar-refractivity contribution in [1.82, 2.24) is 0 Å². The van der Waals surface area contributed by atoms with Crippen molar-refractivity contribution in [3.8, 4) is 5.75 Å². The number of aryl methyl sites for hydroxylation is 1. The first-order valence-corrected chi connectivity index (χ1v) is 11.3. The average molecular weight is 387 g/mol. The van der Waals surface area contributed by atoms with Crippen LogP contribution >= 0.6 is 0 Å². The van der Waals surface area contributed by atoms with Gasteiger partial charge in [0.15, 0.2) is 0 Å². The minimum Gasteiger partial charge on any atom is -0.508 e. The molecule has 4 rings (SSSR count). The molecule has 2 saturated carbocycles. The second-order valence-electron chi connectivity index (χ2n) is 10.9. The summed E-state index contributed by atoms with van der Waals surface area (Å²) in [5, 5.41) is 20.8. The number of aliphatic hydroxyl groups is 1. The lowest BCUT2D eigenvalue weighted by atomic mass is 9.51. The van der Waals surface area contributed by atoms with Gasteiger partial charge in [-0.2, -0.15) is 0 Å². The molecule has 0 spiro atoms. The molecule has 0 aliphatic heterocycles. The van der Waals surface area contributed by atoms with E-state index in [1.807, 2.05) is 12.1 Å². The number of hydrogen-bond acceptors (Lipinski definition) is 3. The Balaban J connectivity index is 1.60. The highest BCUT2D eigenvalue weighted by Crippen LogP contribution is 2.63. The van der Waals surface area contributed by atoms with Gasteiger partial charge < -0.3 is 14.9 Å². The maximum absolute atomic E-state index is 10.8. The van der Waals surface area contributed by atoms with Gasteiger partial charge >= 0.3 is 0 Å². The van der Waals surface area contributed by atoms with Crippen LogP contribution < -0.4 is 0 Å². The summed E-state index contributed by atoms with van der Waals surface area (Å²) in [6, 6.07) is 6.05. The molecular weight excluding hydrogens is 348 g/mol. The van der Waals surface area contributed by atoms with E-state index in [9.17, 15) is 10.2 Å². The highest BCUT2D eigenvalue weighted by molar-refractivity contribution is 5.40. The zero-order valence-electron chi connectivity index (χ0n) is 18.1. The lowest BCUT2D eigenvalue weighted by Gasteiger charge is -2.54. The Morgan fingerprint density at radius 2 is 1.96 bits per heavy atom. The van der Waals surface area contributed by atoms with Gasteiger partial charge in [-0.25, -0.2) is 0 Å². The van der Waals surface area contributed by atoms with Crippen LogP contribution in [0.4, 0.5) is 0 Å². The molecule has 1 aromatic carbocycles. The Kier molecular flexibility index (Phi) is 5.29. The van der Waals surface area contributed by atoms with Gasteiger partial charge in [0.05, 0.1) is 11.7 Å².